The molecule has 2 aromatic rings. The monoisotopic (exact) mass is 337 g/mol. The molecule has 0 saturated heterocycles. The maximum Gasteiger partial charge on any atom is 0.254 e. The summed E-state index contributed by atoms with van der Waals surface area (Å²) in [6, 6.07) is 16.6. The van der Waals surface area contributed by atoms with Crippen molar-refractivity contribution < 1.29 is 4.79 Å². The van der Waals surface area contributed by atoms with Crippen molar-refractivity contribution in [2.24, 2.45) is 0 Å². The Morgan fingerprint density at radius 2 is 2.00 bits per heavy atom. The highest BCUT2D eigenvalue weighted by atomic mass is 32.2. The van der Waals surface area contributed by atoms with Crippen LogP contribution >= 0.6 is 11.8 Å². The Morgan fingerprint density at radius 3 is 2.71 bits per heavy atom. The average molecular weight is 337 g/mol. The fourth-order valence-corrected chi connectivity index (χ4v) is 3.95. The van der Waals surface area contributed by atoms with Gasteiger partial charge >= 0.3 is 0 Å². The van der Waals surface area contributed by atoms with E-state index in [9.17, 15) is 4.79 Å². The highest BCUT2D eigenvalue weighted by molar-refractivity contribution is 7.97. The highest BCUT2D eigenvalue weighted by Gasteiger charge is 2.30. The van der Waals surface area contributed by atoms with Crippen molar-refractivity contribution in [2.45, 2.75) is 24.6 Å². The standard InChI is InChI=1S/C21H23NOS/c1-3-14-22(20-13-12-17-6-4-5-7-19(17)20)21(23)18-10-8-16(9-11-18)15-24-2/h3-11,20H,1,12-15H2,2H3/t20-/m1/s1. The smallest absolute Gasteiger partial charge is 0.254 e. The zero-order chi connectivity index (χ0) is 16.9. The lowest BCUT2D eigenvalue weighted by molar-refractivity contribution is 0.0701. The third-order valence-electron chi connectivity index (χ3n) is 4.58. The van der Waals surface area contributed by atoms with Crippen molar-refractivity contribution in [1.82, 2.24) is 4.90 Å². The van der Waals surface area contributed by atoms with Gasteiger partial charge in [0.15, 0.2) is 0 Å². The fourth-order valence-electron chi connectivity index (χ4n) is 3.43. The van der Waals surface area contributed by atoms with Crippen molar-refractivity contribution in [3.63, 3.8) is 0 Å². The van der Waals surface area contributed by atoms with Gasteiger partial charge in [0.2, 0.25) is 0 Å². The quantitative estimate of drug-likeness (QED) is 0.701. The summed E-state index contributed by atoms with van der Waals surface area (Å²) >= 11 is 1.79. The molecule has 0 unspecified atom stereocenters. The van der Waals surface area contributed by atoms with E-state index in [0.717, 1.165) is 24.2 Å². The predicted octanol–water partition coefficient (Wildman–Crippen LogP) is 4.87. The van der Waals surface area contributed by atoms with Gasteiger partial charge in [-0.1, -0.05) is 42.5 Å². The summed E-state index contributed by atoms with van der Waals surface area (Å²) in [5.74, 6) is 1.06. The number of hydrogen-bond donors (Lipinski definition) is 0. The molecule has 2 aromatic carbocycles. The molecule has 0 bridgehead atoms. The van der Waals surface area contributed by atoms with Crippen LogP contribution in [0, 0.1) is 0 Å². The summed E-state index contributed by atoms with van der Waals surface area (Å²) in [7, 11) is 0. The highest BCUT2D eigenvalue weighted by Crippen LogP contribution is 2.36. The molecule has 0 spiro atoms. The van der Waals surface area contributed by atoms with Crippen LogP contribution in [0.5, 0.6) is 0 Å². The molecule has 0 saturated carbocycles. The van der Waals surface area contributed by atoms with Gasteiger partial charge in [0.1, 0.15) is 0 Å². The SMILES string of the molecule is C=CCN(C(=O)c1ccc(CSC)cc1)[C@@H]1CCc2ccccc21. The van der Waals surface area contributed by atoms with Crippen LogP contribution in [-0.4, -0.2) is 23.6 Å². The van der Waals surface area contributed by atoms with Gasteiger partial charge < -0.3 is 4.90 Å². The second-order valence-electron chi connectivity index (χ2n) is 6.13. The van der Waals surface area contributed by atoms with Gasteiger partial charge in [-0.3, -0.25) is 4.79 Å². The summed E-state index contributed by atoms with van der Waals surface area (Å²) in [6.07, 6.45) is 5.93. The van der Waals surface area contributed by atoms with Crippen LogP contribution in [0.25, 0.3) is 0 Å². The molecule has 2 nitrogen and oxygen atoms in total. The van der Waals surface area contributed by atoms with E-state index >= 15 is 0 Å². The van der Waals surface area contributed by atoms with Crippen LogP contribution in [0.15, 0.2) is 61.2 Å². The zero-order valence-corrected chi connectivity index (χ0v) is 14.9. The predicted molar refractivity (Wildman–Crippen MR) is 102 cm³/mol. The van der Waals surface area contributed by atoms with Crippen molar-refractivity contribution in [3.8, 4) is 0 Å². The minimum Gasteiger partial charge on any atom is -0.328 e. The summed E-state index contributed by atoms with van der Waals surface area (Å²) < 4.78 is 0. The molecule has 0 radical (unpaired) electrons. The van der Waals surface area contributed by atoms with Crippen molar-refractivity contribution in [1.29, 1.82) is 0 Å². The summed E-state index contributed by atoms with van der Waals surface area (Å²) in [5.41, 5.74) is 4.65. The van der Waals surface area contributed by atoms with Gasteiger partial charge in [-0.05, 0) is 47.9 Å². The molecule has 0 aromatic heterocycles. The first-order valence-corrected chi connectivity index (χ1v) is 9.71. The van der Waals surface area contributed by atoms with Crippen molar-refractivity contribution in [3.05, 3.63) is 83.4 Å². The number of rotatable bonds is 6. The molecule has 124 valence electrons. The molecular formula is C21H23NOS. The number of nitrogens with zero attached hydrogens (tertiary/aromatic N) is 1. The van der Waals surface area contributed by atoms with Crippen LogP contribution in [0.1, 0.15) is 39.5 Å². The van der Waals surface area contributed by atoms with Crippen LogP contribution < -0.4 is 0 Å². The molecule has 0 fully saturated rings. The number of thioether (sulfide) groups is 1. The van der Waals surface area contributed by atoms with E-state index in [2.05, 4.69) is 49.2 Å². The fraction of sp³-hybridized carbons (Fsp3) is 0.286. The zero-order valence-electron chi connectivity index (χ0n) is 14.1. The summed E-state index contributed by atoms with van der Waals surface area (Å²) in [5, 5.41) is 0. The normalized spacial score (nSPS) is 15.8. The first kappa shape index (κ1) is 16.8. The molecule has 0 heterocycles. The average Bonchev–Trinajstić information content (AvgIpc) is 3.04. The number of hydrogen-bond acceptors (Lipinski definition) is 2. The van der Waals surface area contributed by atoms with Gasteiger partial charge in [-0.25, -0.2) is 0 Å². The number of amides is 1. The Kier molecular flexibility index (Phi) is 5.41. The molecule has 3 heteroatoms. The van der Waals surface area contributed by atoms with Gasteiger partial charge in [-0.15, -0.1) is 6.58 Å². The summed E-state index contributed by atoms with van der Waals surface area (Å²) in [6.45, 7) is 4.42. The van der Waals surface area contributed by atoms with Crippen molar-refractivity contribution in [2.75, 3.05) is 12.8 Å². The van der Waals surface area contributed by atoms with E-state index in [0.29, 0.717) is 6.54 Å². The molecule has 1 amide bonds. The first-order valence-electron chi connectivity index (χ1n) is 8.32. The number of benzene rings is 2. The molecule has 24 heavy (non-hydrogen) atoms. The lowest BCUT2D eigenvalue weighted by Gasteiger charge is -2.29. The van der Waals surface area contributed by atoms with E-state index in [1.54, 1.807) is 11.8 Å². The van der Waals surface area contributed by atoms with E-state index < -0.39 is 0 Å². The second-order valence-corrected chi connectivity index (χ2v) is 7.00. The number of carbonyl (C=O) groups excluding carboxylic acids is 1. The topological polar surface area (TPSA) is 20.3 Å². The van der Waals surface area contributed by atoms with Crippen LogP contribution in [-0.2, 0) is 12.2 Å². The van der Waals surface area contributed by atoms with Gasteiger partial charge in [-0.2, -0.15) is 11.8 Å². The Labute approximate surface area is 148 Å². The maximum atomic E-state index is 13.1. The first-order chi connectivity index (χ1) is 11.7. The molecule has 1 aliphatic rings. The third kappa shape index (κ3) is 3.41. The minimum absolute atomic E-state index is 0.0901. The van der Waals surface area contributed by atoms with Crippen LogP contribution in [0.3, 0.4) is 0 Å². The molecule has 1 atom stereocenters. The Balaban J connectivity index is 1.85. The van der Waals surface area contributed by atoms with Gasteiger partial charge in [0, 0.05) is 17.9 Å². The Bertz CT molecular complexity index is 723. The lowest BCUT2D eigenvalue weighted by Crippen LogP contribution is -2.34. The molecule has 0 N–H and O–H groups in total. The van der Waals surface area contributed by atoms with Gasteiger partial charge in [0.25, 0.3) is 5.91 Å². The molecular weight excluding hydrogens is 314 g/mol. The van der Waals surface area contributed by atoms with E-state index in [4.69, 9.17) is 0 Å². The molecule has 0 aliphatic heterocycles. The van der Waals surface area contributed by atoms with Gasteiger partial charge in [0.05, 0.1) is 6.04 Å². The minimum atomic E-state index is 0.0901. The largest absolute Gasteiger partial charge is 0.328 e. The second kappa shape index (κ2) is 7.71. The van der Waals surface area contributed by atoms with E-state index in [1.807, 2.05) is 23.1 Å². The summed E-state index contributed by atoms with van der Waals surface area (Å²) in [4.78, 5) is 15.0. The molecule has 3 rings (SSSR count). The maximum absolute atomic E-state index is 13.1. The number of aryl methyl sites for hydroxylation is 1. The Hall–Kier alpha value is -2.00. The van der Waals surface area contributed by atoms with Crippen molar-refractivity contribution >= 4 is 17.7 Å². The third-order valence-corrected chi connectivity index (χ3v) is 5.20. The van der Waals surface area contributed by atoms with E-state index in [1.165, 1.54) is 16.7 Å². The molecule has 1 aliphatic carbocycles. The number of fused-ring (bicyclic) bond motifs is 1. The van der Waals surface area contributed by atoms with Crippen LogP contribution in [0.2, 0.25) is 0 Å². The lowest BCUT2D eigenvalue weighted by atomic mass is 10.0. The van der Waals surface area contributed by atoms with E-state index in [-0.39, 0.29) is 11.9 Å². The number of carbonyl (C=O) groups is 1. The van der Waals surface area contributed by atoms with Crippen LogP contribution in [0.4, 0.5) is 0 Å². The Morgan fingerprint density at radius 1 is 1.25 bits per heavy atom.